The van der Waals surface area contributed by atoms with Gasteiger partial charge in [0.1, 0.15) is 84.0 Å². The summed E-state index contributed by atoms with van der Waals surface area (Å²) in [5, 5.41) is 93.2. The number of guanidine groups is 3. The molecule has 0 saturated carbocycles. The lowest BCUT2D eigenvalue weighted by Gasteiger charge is -2.31. The standard InChI is InChI=1S/C83H122N26O18/c1-7-43(4)66(79(126)109-67(45(6)110)80(127)102-57(17-12-34-96-83(92)93)72(119)101-58(30-31-64(85)113)74(121)100-56(16-11-33-95-82(90)91)73(120)103-59(68(87)115)36-46-20-26-51(111)27-21-46)108-78(125)60(35-42(2)3)105-77(124)63(39-65(86)114)107-76(123)62(38-50-41-97-54-14-9-8-13-53(50)54)106-75(122)61(37-47-22-28-52(112)29-23-47)104-69(116)44(5)98-71(118)55(15-10-32-94-81(88)89)99-70(117)49-24-18-48(40-84)19-25-49/h8-9,13-14,18-29,41-45,55-63,66-67,97,110-112H,7,10-12,15-17,30-40,84H2,1-6H3,(H2,85,113)(H2,86,114)(H2,87,115)(H,98,118)(H,99,117)(H,100,121)(H,101,119)(H,102,127)(H,103,120)(H,104,116)(H,105,124)(H,106,122)(H,107,123)(H,108,125)(H,109,126)(H4,88,89,94)(H4,90,91,95)(H4,92,93,96)/t43-,44-,45+,55-,56-,57-,58-,59-,60-,61-,62-,63-,66-,67-/m0/s1. The Labute approximate surface area is 733 Å². The second kappa shape index (κ2) is 51.8. The van der Waals surface area contributed by atoms with Gasteiger partial charge in [-0.25, -0.2) is 0 Å². The van der Waals surface area contributed by atoms with Crippen molar-refractivity contribution in [3.05, 3.63) is 131 Å². The number of aliphatic hydroxyl groups excluding tert-OH is 1. The summed E-state index contributed by atoms with van der Waals surface area (Å²) in [6, 6.07) is 5.21. The molecule has 44 heteroatoms. The number of carbonyl (C=O) groups is 15. The molecule has 0 aliphatic carbocycles. The van der Waals surface area contributed by atoms with Gasteiger partial charge in [0.15, 0.2) is 17.9 Å². The van der Waals surface area contributed by atoms with Crippen LogP contribution in [0.2, 0.25) is 0 Å². The summed E-state index contributed by atoms with van der Waals surface area (Å²) in [5.41, 5.74) is 42.0. The third kappa shape index (κ3) is 35.9. The Morgan fingerprint density at radius 1 is 0.409 bits per heavy atom. The van der Waals surface area contributed by atoms with Gasteiger partial charge in [-0.2, -0.15) is 0 Å². The van der Waals surface area contributed by atoms with Crippen LogP contribution < -0.4 is 120 Å². The van der Waals surface area contributed by atoms with Crippen molar-refractivity contribution in [3.63, 3.8) is 0 Å². The highest BCUT2D eigenvalue weighted by Gasteiger charge is 2.40. The normalized spacial score (nSPS) is 14.4. The Hall–Kier alpha value is -14.2. The van der Waals surface area contributed by atoms with Gasteiger partial charge in [-0.05, 0) is 142 Å². The second-order valence-electron chi connectivity index (χ2n) is 31.2. The highest BCUT2D eigenvalue weighted by Crippen LogP contribution is 2.22. The Morgan fingerprint density at radius 2 is 0.803 bits per heavy atom. The third-order valence-electron chi connectivity index (χ3n) is 20.4. The summed E-state index contributed by atoms with van der Waals surface area (Å²) >= 11 is 0. The monoisotopic (exact) mass is 1770 g/mol. The number of rotatable bonds is 54. The Morgan fingerprint density at radius 3 is 1.28 bits per heavy atom. The summed E-state index contributed by atoms with van der Waals surface area (Å²) in [6.45, 7) is 9.29. The second-order valence-corrected chi connectivity index (χ2v) is 31.2. The summed E-state index contributed by atoms with van der Waals surface area (Å²) < 4.78 is 0. The van der Waals surface area contributed by atoms with E-state index in [0.29, 0.717) is 27.6 Å². The van der Waals surface area contributed by atoms with E-state index in [1.54, 1.807) is 70.3 Å². The number of hydrogen-bond donors (Lipinski definition) is 29. The van der Waals surface area contributed by atoms with E-state index in [1.807, 2.05) is 0 Å². The summed E-state index contributed by atoms with van der Waals surface area (Å²) in [4.78, 5) is 215. The first kappa shape index (κ1) is 103. The number of aromatic nitrogens is 1. The van der Waals surface area contributed by atoms with Gasteiger partial charge in [0.2, 0.25) is 82.7 Å². The van der Waals surface area contributed by atoms with Gasteiger partial charge < -0.3 is 140 Å². The Kier molecular flexibility index (Phi) is 42.1. The van der Waals surface area contributed by atoms with Gasteiger partial charge in [-0.1, -0.05) is 88.7 Å². The van der Waals surface area contributed by atoms with Crippen LogP contribution in [-0.2, 0) is 92.9 Å². The first-order valence-corrected chi connectivity index (χ1v) is 41.4. The molecule has 0 spiro atoms. The summed E-state index contributed by atoms with van der Waals surface area (Å²) in [6.07, 6.45) is -3.23. The number of benzene rings is 4. The minimum Gasteiger partial charge on any atom is -0.508 e. The van der Waals surface area contributed by atoms with Gasteiger partial charge in [0.25, 0.3) is 5.91 Å². The van der Waals surface area contributed by atoms with Crippen molar-refractivity contribution in [1.82, 2.24) is 84.7 Å². The number of nitrogens with one attached hydrogen (secondary N) is 19. The maximum Gasteiger partial charge on any atom is 0.251 e. The van der Waals surface area contributed by atoms with Gasteiger partial charge in [0, 0.05) is 74.5 Å². The number of carbonyl (C=O) groups excluding carboxylic acids is 15. The minimum absolute atomic E-state index is 0.00547. The lowest BCUT2D eigenvalue weighted by atomic mass is 9.96. The zero-order chi connectivity index (χ0) is 94.3. The number of nitrogens with two attached hydrogens (primary N) is 7. The largest absolute Gasteiger partial charge is 0.508 e. The summed E-state index contributed by atoms with van der Waals surface area (Å²) in [7, 11) is 0. The van der Waals surface area contributed by atoms with Crippen LogP contribution in [0.4, 0.5) is 0 Å². The molecule has 0 saturated heterocycles. The number of fused-ring (bicyclic) bond motifs is 1. The molecule has 1 aromatic heterocycles. The van der Waals surface area contributed by atoms with Crippen molar-refractivity contribution in [3.8, 4) is 11.5 Å². The minimum atomic E-state index is -1.94. The van der Waals surface area contributed by atoms with Crippen LogP contribution in [0.5, 0.6) is 11.5 Å². The summed E-state index contributed by atoms with van der Waals surface area (Å²) in [5.74, 6) is -17.8. The smallest absolute Gasteiger partial charge is 0.251 e. The van der Waals surface area contributed by atoms with Crippen LogP contribution in [0.15, 0.2) is 103 Å². The molecular formula is C83H122N26O18. The van der Waals surface area contributed by atoms with E-state index in [9.17, 15) is 77.6 Å². The number of aromatic hydroxyl groups is 2. The number of aromatic amines is 1. The maximum absolute atomic E-state index is 15.1. The quantitative estimate of drug-likeness (QED) is 0.00986. The lowest BCUT2D eigenvalue weighted by Crippen LogP contribution is -2.63. The van der Waals surface area contributed by atoms with Gasteiger partial charge in [0.05, 0.1) is 12.5 Å². The number of phenolic OH excluding ortho intramolecular Hbond substituents is 2. The molecule has 1 heterocycles. The number of amides is 15. The number of aliphatic hydroxyl groups is 1. The Bertz CT molecular complexity index is 4650. The number of phenols is 2. The maximum atomic E-state index is 15.1. The first-order chi connectivity index (χ1) is 60.1. The van der Waals surface area contributed by atoms with Crippen molar-refractivity contribution in [1.29, 1.82) is 16.2 Å². The van der Waals surface area contributed by atoms with E-state index in [1.165, 1.54) is 67.6 Å². The molecular weight excluding hydrogens is 1650 g/mol. The topological polar surface area (TPSA) is 767 Å². The molecule has 0 bridgehead atoms. The van der Waals surface area contributed by atoms with Crippen LogP contribution >= 0.6 is 0 Å². The molecule has 127 heavy (non-hydrogen) atoms. The molecule has 692 valence electrons. The molecule has 0 aliphatic heterocycles. The molecule has 15 amide bonds. The zero-order valence-electron chi connectivity index (χ0n) is 71.7. The molecule has 4 aromatic carbocycles. The molecule has 44 nitrogen and oxygen atoms in total. The molecule has 5 aromatic rings. The molecule has 0 fully saturated rings. The van der Waals surface area contributed by atoms with Crippen molar-refractivity contribution in [2.75, 3.05) is 19.6 Å². The van der Waals surface area contributed by atoms with E-state index in [4.69, 9.17) is 56.4 Å². The van der Waals surface area contributed by atoms with E-state index in [0.717, 1.165) is 12.5 Å². The average Bonchev–Trinajstić information content (AvgIpc) is 1.71. The molecule has 0 aliphatic rings. The number of para-hydroxylation sites is 1. The zero-order valence-corrected chi connectivity index (χ0v) is 71.7. The highest BCUT2D eigenvalue weighted by molar-refractivity contribution is 6.02. The van der Waals surface area contributed by atoms with E-state index >= 15 is 9.59 Å². The first-order valence-electron chi connectivity index (χ1n) is 41.4. The van der Waals surface area contributed by atoms with Gasteiger partial charge in [-0.15, -0.1) is 0 Å². The molecule has 0 radical (unpaired) electrons. The molecule has 14 atom stereocenters. The third-order valence-corrected chi connectivity index (χ3v) is 20.4. The van der Waals surface area contributed by atoms with Crippen molar-refractivity contribution in [2.24, 2.45) is 52.0 Å². The predicted octanol–water partition coefficient (Wildman–Crippen LogP) is -4.89. The van der Waals surface area contributed by atoms with Crippen LogP contribution in [0.3, 0.4) is 0 Å². The SMILES string of the molecule is CC[C@H](C)[C@H](NC(=O)[C@H](CC(C)C)NC(=O)[C@H](CC(N)=O)NC(=O)[C@H](Cc1c[nH]c2ccccc12)NC(=O)[C@H](Cc1ccc(O)cc1)NC(=O)[C@H](C)NC(=O)[C@H](CCCNC(=N)N)NC(=O)c1ccc(CN)cc1)C(=O)N[C@H](C(=O)N[C@@H](CCCNC(=N)N)C(=O)N[C@@H](CCC(N)=O)C(=O)N[C@@H](CCCNC(=N)N)C(=O)N[C@@H](Cc1ccc(O)cc1)C(N)=O)[C@@H](C)O. The lowest BCUT2D eigenvalue weighted by molar-refractivity contribution is -0.138. The number of hydrogen-bond acceptors (Lipinski definition) is 22. The number of primary amides is 3. The average molecular weight is 1770 g/mol. The fourth-order valence-corrected chi connectivity index (χ4v) is 13.2. The number of H-pyrrole nitrogens is 1. The van der Waals surface area contributed by atoms with Crippen LogP contribution in [0.25, 0.3) is 10.9 Å². The van der Waals surface area contributed by atoms with Gasteiger partial charge in [-0.3, -0.25) is 88.1 Å². The molecule has 0 unspecified atom stereocenters. The van der Waals surface area contributed by atoms with Crippen LogP contribution in [-0.4, -0.2) is 225 Å². The molecule has 5 rings (SSSR count). The van der Waals surface area contributed by atoms with E-state index < -0.39 is 210 Å². The van der Waals surface area contributed by atoms with Crippen LogP contribution in [0.1, 0.15) is 145 Å². The highest BCUT2D eigenvalue weighted by atomic mass is 16.3. The van der Waals surface area contributed by atoms with Crippen molar-refractivity contribution < 1.29 is 87.2 Å². The van der Waals surface area contributed by atoms with Crippen LogP contribution in [0, 0.1) is 28.1 Å². The Balaban J connectivity index is 1.41. The fraction of sp³-hybridized carbons (Fsp3) is 0.470. The van der Waals surface area contributed by atoms with Gasteiger partial charge >= 0.3 is 0 Å². The van der Waals surface area contributed by atoms with Crippen molar-refractivity contribution in [2.45, 2.75) is 217 Å². The van der Waals surface area contributed by atoms with E-state index in [-0.39, 0.29) is 120 Å². The fourth-order valence-electron chi connectivity index (χ4n) is 13.2. The van der Waals surface area contributed by atoms with Crippen molar-refractivity contribution >= 4 is 117 Å². The van der Waals surface area contributed by atoms with E-state index in [2.05, 4.69) is 84.7 Å². The molecule has 36 N–H and O–H groups in total. The predicted molar refractivity (Wildman–Crippen MR) is 468 cm³/mol.